The Labute approximate surface area is 93.8 Å². The van der Waals surface area contributed by atoms with Gasteiger partial charge in [0.1, 0.15) is 5.82 Å². The van der Waals surface area contributed by atoms with Gasteiger partial charge in [0.15, 0.2) is 6.29 Å². The smallest absolute Gasteiger partial charge is 0.157 e. The van der Waals surface area contributed by atoms with Gasteiger partial charge in [0.25, 0.3) is 0 Å². The van der Waals surface area contributed by atoms with Gasteiger partial charge in [-0.25, -0.2) is 4.39 Å². The Balaban J connectivity index is 2.34. The molecule has 0 aliphatic heterocycles. The van der Waals surface area contributed by atoms with Crippen LogP contribution >= 0.6 is 11.8 Å². The molecule has 1 aromatic rings. The number of halogens is 1. The highest BCUT2D eigenvalue weighted by atomic mass is 32.2. The van der Waals surface area contributed by atoms with Gasteiger partial charge in [-0.3, -0.25) is 0 Å². The summed E-state index contributed by atoms with van der Waals surface area (Å²) in [5.41, 5.74) is 0. The third-order valence-electron chi connectivity index (χ3n) is 1.97. The molecule has 0 fully saturated rings. The molecule has 0 saturated heterocycles. The first-order valence-electron chi connectivity index (χ1n) is 4.71. The van der Waals surface area contributed by atoms with Gasteiger partial charge in [0, 0.05) is 31.3 Å². The van der Waals surface area contributed by atoms with E-state index in [1.807, 2.05) is 6.07 Å². The summed E-state index contributed by atoms with van der Waals surface area (Å²) < 4.78 is 23.3. The molecule has 0 radical (unpaired) electrons. The van der Waals surface area contributed by atoms with Crippen molar-refractivity contribution in [1.29, 1.82) is 0 Å². The zero-order valence-corrected chi connectivity index (χ0v) is 9.72. The van der Waals surface area contributed by atoms with Crippen LogP contribution in [0.4, 0.5) is 4.39 Å². The highest BCUT2D eigenvalue weighted by Crippen LogP contribution is 2.22. The second-order valence-corrected chi connectivity index (χ2v) is 4.11. The molecular formula is C11H15FO2S. The maximum atomic E-state index is 13.2. The second kappa shape index (κ2) is 6.82. The Morgan fingerprint density at radius 1 is 1.27 bits per heavy atom. The van der Waals surface area contributed by atoms with Crippen LogP contribution in [0, 0.1) is 5.82 Å². The normalized spacial score (nSPS) is 10.9. The quantitative estimate of drug-likeness (QED) is 0.553. The van der Waals surface area contributed by atoms with Crippen molar-refractivity contribution in [2.75, 3.05) is 20.0 Å². The number of methoxy groups -OCH3 is 2. The summed E-state index contributed by atoms with van der Waals surface area (Å²) in [4.78, 5) is 0.670. The summed E-state index contributed by atoms with van der Waals surface area (Å²) in [6, 6.07) is 6.75. The van der Waals surface area contributed by atoms with Gasteiger partial charge in [0.05, 0.1) is 0 Å². The summed E-state index contributed by atoms with van der Waals surface area (Å²) in [6.07, 6.45) is 0.538. The molecule has 0 spiro atoms. The molecule has 0 saturated carbocycles. The molecule has 0 atom stereocenters. The van der Waals surface area contributed by atoms with E-state index in [2.05, 4.69) is 0 Å². The zero-order valence-electron chi connectivity index (χ0n) is 8.90. The monoisotopic (exact) mass is 230 g/mol. The van der Waals surface area contributed by atoms with Crippen LogP contribution in [0.3, 0.4) is 0 Å². The molecule has 0 aromatic heterocycles. The van der Waals surface area contributed by atoms with E-state index in [0.717, 1.165) is 12.2 Å². The molecule has 1 aromatic carbocycles. The van der Waals surface area contributed by atoms with Crippen LogP contribution in [0.1, 0.15) is 6.42 Å². The van der Waals surface area contributed by atoms with E-state index in [-0.39, 0.29) is 12.1 Å². The van der Waals surface area contributed by atoms with E-state index in [1.54, 1.807) is 26.4 Å². The van der Waals surface area contributed by atoms with Crippen molar-refractivity contribution in [3.8, 4) is 0 Å². The van der Waals surface area contributed by atoms with Crippen molar-refractivity contribution in [3.63, 3.8) is 0 Å². The third-order valence-corrected chi connectivity index (χ3v) is 3.06. The highest BCUT2D eigenvalue weighted by molar-refractivity contribution is 7.99. The summed E-state index contributed by atoms with van der Waals surface area (Å²) in [6.45, 7) is 0. The minimum absolute atomic E-state index is 0.172. The molecule has 0 amide bonds. The number of hydrogen-bond donors (Lipinski definition) is 0. The first kappa shape index (κ1) is 12.5. The van der Waals surface area contributed by atoms with E-state index < -0.39 is 0 Å². The van der Waals surface area contributed by atoms with Gasteiger partial charge in [-0.15, -0.1) is 11.8 Å². The lowest BCUT2D eigenvalue weighted by molar-refractivity contribution is -0.102. The topological polar surface area (TPSA) is 18.5 Å². The molecule has 0 unspecified atom stereocenters. The van der Waals surface area contributed by atoms with Crippen LogP contribution in [0.25, 0.3) is 0 Å². The van der Waals surface area contributed by atoms with Crippen molar-refractivity contribution < 1.29 is 13.9 Å². The lowest BCUT2D eigenvalue weighted by Crippen LogP contribution is -2.13. The molecule has 0 N–H and O–H groups in total. The number of ether oxygens (including phenoxy) is 2. The molecule has 2 nitrogen and oxygen atoms in total. The van der Waals surface area contributed by atoms with E-state index in [1.165, 1.54) is 17.8 Å². The van der Waals surface area contributed by atoms with Crippen LogP contribution in [0.2, 0.25) is 0 Å². The summed E-state index contributed by atoms with van der Waals surface area (Å²) in [7, 11) is 3.20. The first-order chi connectivity index (χ1) is 7.27. The Morgan fingerprint density at radius 2 is 1.93 bits per heavy atom. The number of benzene rings is 1. The maximum absolute atomic E-state index is 13.2. The fourth-order valence-corrected chi connectivity index (χ4v) is 2.07. The van der Waals surface area contributed by atoms with Gasteiger partial charge in [0.2, 0.25) is 0 Å². The molecular weight excluding hydrogens is 215 g/mol. The average Bonchev–Trinajstić information content (AvgIpc) is 2.27. The Bertz CT molecular complexity index is 290. The molecule has 0 bridgehead atoms. The fourth-order valence-electron chi connectivity index (χ4n) is 1.16. The van der Waals surface area contributed by atoms with Crippen molar-refractivity contribution in [2.24, 2.45) is 0 Å². The molecule has 0 aliphatic rings. The fraction of sp³-hybridized carbons (Fsp3) is 0.455. The highest BCUT2D eigenvalue weighted by Gasteiger charge is 2.06. The minimum Gasteiger partial charge on any atom is -0.356 e. The molecule has 0 heterocycles. The third kappa shape index (κ3) is 4.20. The molecule has 0 aliphatic carbocycles. The lowest BCUT2D eigenvalue weighted by atomic mass is 10.3. The maximum Gasteiger partial charge on any atom is 0.157 e. The standard InChI is InChI=1S/C11H15FO2S/c1-13-11(14-2)7-8-15-10-6-4-3-5-9(10)12/h3-6,11H,7-8H2,1-2H3. The number of hydrogen-bond acceptors (Lipinski definition) is 3. The van der Waals surface area contributed by atoms with Gasteiger partial charge >= 0.3 is 0 Å². The number of thioether (sulfide) groups is 1. The number of rotatable bonds is 6. The molecule has 84 valence electrons. The summed E-state index contributed by atoms with van der Waals surface area (Å²) >= 11 is 1.47. The molecule has 4 heteroatoms. The van der Waals surface area contributed by atoms with Crippen LogP contribution < -0.4 is 0 Å². The van der Waals surface area contributed by atoms with Crippen molar-refractivity contribution >= 4 is 11.8 Å². The predicted molar refractivity (Wildman–Crippen MR) is 59.5 cm³/mol. The molecule has 15 heavy (non-hydrogen) atoms. The van der Waals surface area contributed by atoms with E-state index in [0.29, 0.717) is 4.90 Å². The van der Waals surface area contributed by atoms with E-state index in [9.17, 15) is 4.39 Å². The molecule has 1 rings (SSSR count). The van der Waals surface area contributed by atoms with Crippen molar-refractivity contribution in [2.45, 2.75) is 17.6 Å². The largest absolute Gasteiger partial charge is 0.356 e. The van der Waals surface area contributed by atoms with Crippen LogP contribution in [0.15, 0.2) is 29.2 Å². The zero-order chi connectivity index (χ0) is 11.1. The Morgan fingerprint density at radius 3 is 2.53 bits per heavy atom. The Kier molecular flexibility index (Phi) is 5.68. The second-order valence-electron chi connectivity index (χ2n) is 2.97. The Hall–Kier alpha value is -0.580. The predicted octanol–water partition coefficient (Wildman–Crippen LogP) is 2.93. The van der Waals surface area contributed by atoms with Gasteiger partial charge in [-0.05, 0) is 12.1 Å². The van der Waals surface area contributed by atoms with E-state index in [4.69, 9.17) is 9.47 Å². The summed E-state index contributed by atoms with van der Waals surface area (Å²) in [5.74, 6) is 0.599. The lowest BCUT2D eigenvalue weighted by Gasteiger charge is -2.12. The SMILES string of the molecule is COC(CCSc1ccccc1F)OC. The average molecular weight is 230 g/mol. The van der Waals surface area contributed by atoms with Crippen LogP contribution in [-0.2, 0) is 9.47 Å². The van der Waals surface area contributed by atoms with Gasteiger partial charge in [-0.1, -0.05) is 12.1 Å². The van der Waals surface area contributed by atoms with Crippen LogP contribution in [-0.4, -0.2) is 26.3 Å². The van der Waals surface area contributed by atoms with E-state index >= 15 is 0 Å². The van der Waals surface area contributed by atoms with Crippen molar-refractivity contribution in [1.82, 2.24) is 0 Å². The minimum atomic E-state index is -0.204. The van der Waals surface area contributed by atoms with Crippen molar-refractivity contribution in [3.05, 3.63) is 30.1 Å². The van der Waals surface area contributed by atoms with Gasteiger partial charge in [-0.2, -0.15) is 0 Å². The van der Waals surface area contributed by atoms with Crippen LogP contribution in [0.5, 0.6) is 0 Å². The summed E-state index contributed by atoms with van der Waals surface area (Å²) in [5, 5.41) is 0. The van der Waals surface area contributed by atoms with Gasteiger partial charge < -0.3 is 9.47 Å². The first-order valence-corrected chi connectivity index (χ1v) is 5.69.